The molecule has 1 aliphatic rings. The molecule has 1 aromatic carbocycles. The fraction of sp³-hybridized carbons (Fsp3) is 0.409. The summed E-state index contributed by atoms with van der Waals surface area (Å²) in [7, 11) is 3.08. The molecule has 2 N–H and O–H groups in total. The van der Waals surface area contributed by atoms with E-state index in [9.17, 15) is 4.79 Å². The first kappa shape index (κ1) is 22.1. The first-order valence-electron chi connectivity index (χ1n) is 10.5. The van der Waals surface area contributed by atoms with Crippen molar-refractivity contribution in [1.29, 1.82) is 0 Å². The highest BCUT2D eigenvalue weighted by Crippen LogP contribution is 2.33. The molecule has 9 nitrogen and oxygen atoms in total. The summed E-state index contributed by atoms with van der Waals surface area (Å²) < 4.78 is 10.6. The minimum Gasteiger partial charge on any atom is -0.497 e. The van der Waals surface area contributed by atoms with Gasteiger partial charge in [0.25, 0.3) is 5.91 Å². The molecule has 1 aliphatic carbocycles. The number of benzene rings is 1. The van der Waals surface area contributed by atoms with Crippen LogP contribution in [0.2, 0.25) is 0 Å². The molecule has 168 valence electrons. The van der Waals surface area contributed by atoms with Gasteiger partial charge in [0.1, 0.15) is 5.75 Å². The molecule has 4 rings (SSSR count). The van der Waals surface area contributed by atoms with Gasteiger partial charge in [0.2, 0.25) is 10.3 Å². The molecular formula is C22H26N6O3S. The maximum Gasteiger partial charge on any atom is 0.259 e. The molecule has 1 atom stereocenters. The number of anilines is 2. The Morgan fingerprint density at radius 1 is 1.06 bits per heavy atom. The second-order valence-electron chi connectivity index (χ2n) is 7.64. The number of rotatable bonds is 8. The van der Waals surface area contributed by atoms with E-state index in [0.29, 0.717) is 33.5 Å². The topological polar surface area (TPSA) is 111 Å². The predicted octanol–water partition coefficient (Wildman–Crippen LogP) is 3.80. The molecule has 32 heavy (non-hydrogen) atoms. The largest absolute Gasteiger partial charge is 0.497 e. The van der Waals surface area contributed by atoms with Crippen LogP contribution >= 0.6 is 11.3 Å². The number of carbonyl (C=O) groups excluding carboxylic acids is 1. The minimum absolute atomic E-state index is 0.312. The quantitative estimate of drug-likeness (QED) is 0.529. The van der Waals surface area contributed by atoms with Crippen molar-refractivity contribution in [2.75, 3.05) is 24.9 Å². The van der Waals surface area contributed by atoms with Crippen LogP contribution in [0.25, 0.3) is 0 Å². The molecule has 0 aliphatic heterocycles. The van der Waals surface area contributed by atoms with E-state index in [1.54, 1.807) is 19.4 Å². The van der Waals surface area contributed by atoms with Crippen LogP contribution in [-0.4, -0.2) is 46.6 Å². The molecule has 0 saturated heterocycles. The number of amides is 1. The van der Waals surface area contributed by atoms with E-state index in [1.165, 1.54) is 18.4 Å². The van der Waals surface area contributed by atoms with Gasteiger partial charge in [0, 0.05) is 25.3 Å². The number of carbonyl (C=O) groups is 1. The SMILES string of the molecule is COc1cccc(C(OC)C(=O)Nc2nnc(N[C@H]3CC[C@H](c4cccnn4)CC3)s2)c1. The number of hydrogen-bond donors (Lipinski definition) is 2. The molecule has 2 aromatic heterocycles. The fourth-order valence-electron chi connectivity index (χ4n) is 3.94. The Hall–Kier alpha value is -3.11. The van der Waals surface area contributed by atoms with Crippen molar-refractivity contribution in [3.8, 4) is 5.75 Å². The van der Waals surface area contributed by atoms with Gasteiger partial charge in [-0.2, -0.15) is 10.2 Å². The second-order valence-corrected chi connectivity index (χ2v) is 8.61. The Labute approximate surface area is 190 Å². The molecule has 1 fully saturated rings. The normalized spacial score (nSPS) is 19.2. The number of ether oxygens (including phenoxy) is 2. The average molecular weight is 455 g/mol. The zero-order valence-corrected chi connectivity index (χ0v) is 18.8. The smallest absolute Gasteiger partial charge is 0.259 e. The Morgan fingerprint density at radius 3 is 2.59 bits per heavy atom. The highest BCUT2D eigenvalue weighted by molar-refractivity contribution is 7.19. The standard InChI is InChI=1S/C22H26N6O3S/c1-30-17-6-3-5-15(13-17)19(31-2)20(29)25-22-28-27-21(32-22)24-16-10-8-14(9-11-16)18-7-4-12-23-26-18/h3-7,12-14,16,19H,8-11H2,1-2H3,(H,24,27)(H,25,28,29)/t14-,16-,19?. The second kappa shape index (κ2) is 10.5. The van der Waals surface area contributed by atoms with Crippen LogP contribution < -0.4 is 15.4 Å². The van der Waals surface area contributed by atoms with Gasteiger partial charge < -0.3 is 14.8 Å². The molecule has 10 heteroatoms. The molecular weight excluding hydrogens is 428 g/mol. The Morgan fingerprint density at radius 2 is 1.88 bits per heavy atom. The van der Waals surface area contributed by atoms with Crippen molar-refractivity contribution in [3.63, 3.8) is 0 Å². The third kappa shape index (κ3) is 5.38. The van der Waals surface area contributed by atoms with E-state index < -0.39 is 6.10 Å². The van der Waals surface area contributed by atoms with Crippen molar-refractivity contribution >= 4 is 27.5 Å². The third-order valence-corrected chi connectivity index (χ3v) is 6.36. The van der Waals surface area contributed by atoms with E-state index in [4.69, 9.17) is 9.47 Å². The van der Waals surface area contributed by atoms with Crippen LogP contribution in [0.1, 0.15) is 49.0 Å². The van der Waals surface area contributed by atoms with Crippen molar-refractivity contribution in [2.24, 2.45) is 0 Å². The summed E-state index contributed by atoms with van der Waals surface area (Å²) >= 11 is 1.31. The van der Waals surface area contributed by atoms with Gasteiger partial charge in [-0.3, -0.25) is 10.1 Å². The Bertz CT molecular complexity index is 1020. The van der Waals surface area contributed by atoms with Crippen LogP contribution in [0.15, 0.2) is 42.6 Å². The van der Waals surface area contributed by atoms with Crippen molar-refractivity contribution < 1.29 is 14.3 Å². The summed E-state index contributed by atoms with van der Waals surface area (Å²) in [5.74, 6) is 0.801. The Kier molecular flexibility index (Phi) is 7.23. The van der Waals surface area contributed by atoms with Gasteiger partial charge >= 0.3 is 0 Å². The number of nitrogens with one attached hydrogen (secondary N) is 2. The number of nitrogens with zero attached hydrogens (tertiary/aromatic N) is 4. The van der Waals surface area contributed by atoms with Crippen LogP contribution in [0.5, 0.6) is 5.75 Å². The van der Waals surface area contributed by atoms with E-state index in [0.717, 1.165) is 31.4 Å². The van der Waals surface area contributed by atoms with E-state index in [-0.39, 0.29) is 5.91 Å². The van der Waals surface area contributed by atoms with E-state index in [1.807, 2.05) is 30.3 Å². The average Bonchev–Trinajstić information content (AvgIpc) is 3.27. The lowest BCUT2D eigenvalue weighted by Gasteiger charge is -2.28. The van der Waals surface area contributed by atoms with Crippen LogP contribution in [0.4, 0.5) is 10.3 Å². The van der Waals surface area contributed by atoms with Gasteiger partial charge in [-0.15, -0.1) is 10.2 Å². The Balaban J connectivity index is 1.31. The maximum absolute atomic E-state index is 12.7. The van der Waals surface area contributed by atoms with Crippen molar-refractivity contribution in [2.45, 2.75) is 43.7 Å². The lowest BCUT2D eigenvalue weighted by molar-refractivity contribution is -0.126. The lowest BCUT2D eigenvalue weighted by atomic mass is 9.84. The zero-order valence-electron chi connectivity index (χ0n) is 18.0. The lowest BCUT2D eigenvalue weighted by Crippen LogP contribution is -2.25. The van der Waals surface area contributed by atoms with E-state index >= 15 is 0 Å². The van der Waals surface area contributed by atoms with Gasteiger partial charge in [-0.05, 0) is 55.5 Å². The van der Waals surface area contributed by atoms with Crippen LogP contribution in [0, 0.1) is 0 Å². The number of methoxy groups -OCH3 is 2. The summed E-state index contributed by atoms with van der Waals surface area (Å²) in [6, 6.07) is 11.5. The predicted molar refractivity (Wildman–Crippen MR) is 122 cm³/mol. The van der Waals surface area contributed by atoms with Crippen LogP contribution in [0.3, 0.4) is 0 Å². The number of aromatic nitrogens is 4. The summed E-state index contributed by atoms with van der Waals surface area (Å²) in [6.45, 7) is 0. The van der Waals surface area contributed by atoms with E-state index in [2.05, 4.69) is 31.0 Å². The molecule has 0 bridgehead atoms. The summed E-state index contributed by atoms with van der Waals surface area (Å²) in [4.78, 5) is 12.7. The van der Waals surface area contributed by atoms with Crippen molar-refractivity contribution in [1.82, 2.24) is 20.4 Å². The van der Waals surface area contributed by atoms with Crippen molar-refractivity contribution in [3.05, 3.63) is 53.9 Å². The molecule has 0 spiro atoms. The highest BCUT2D eigenvalue weighted by atomic mass is 32.1. The molecule has 2 heterocycles. The monoisotopic (exact) mass is 454 g/mol. The van der Waals surface area contributed by atoms with Gasteiger partial charge in [-0.25, -0.2) is 0 Å². The highest BCUT2D eigenvalue weighted by Gasteiger charge is 2.25. The first-order valence-corrected chi connectivity index (χ1v) is 11.3. The van der Waals surface area contributed by atoms with Gasteiger partial charge in [0.15, 0.2) is 6.10 Å². The van der Waals surface area contributed by atoms with Crippen LogP contribution in [-0.2, 0) is 9.53 Å². The van der Waals surface area contributed by atoms with Gasteiger partial charge in [-0.1, -0.05) is 23.5 Å². The molecule has 1 saturated carbocycles. The molecule has 3 aromatic rings. The summed E-state index contributed by atoms with van der Waals surface area (Å²) in [6.07, 6.45) is 5.06. The summed E-state index contributed by atoms with van der Waals surface area (Å²) in [5, 5.41) is 23.9. The number of hydrogen-bond acceptors (Lipinski definition) is 9. The van der Waals surface area contributed by atoms with Gasteiger partial charge in [0.05, 0.1) is 12.8 Å². The maximum atomic E-state index is 12.7. The first-order chi connectivity index (χ1) is 15.7. The third-order valence-electron chi connectivity index (χ3n) is 5.59. The fourth-order valence-corrected chi connectivity index (χ4v) is 4.67. The minimum atomic E-state index is -0.776. The summed E-state index contributed by atoms with van der Waals surface area (Å²) in [5.41, 5.74) is 1.77. The molecule has 1 amide bonds. The molecule has 1 unspecified atom stereocenters. The zero-order chi connectivity index (χ0) is 22.3. The molecule has 0 radical (unpaired) electrons.